The lowest BCUT2D eigenvalue weighted by molar-refractivity contribution is 0.215. The van der Waals surface area contributed by atoms with Crippen LogP contribution >= 0.6 is 0 Å². The molecule has 1 aliphatic heterocycles. The van der Waals surface area contributed by atoms with Gasteiger partial charge >= 0.3 is 6.03 Å². The number of halogens is 3. The monoisotopic (exact) mass is 273 g/mol. The molecule has 0 spiro atoms. The van der Waals surface area contributed by atoms with Gasteiger partial charge in [-0.25, -0.2) is 18.0 Å². The number of carbonyl (C=O) groups is 1. The molecule has 1 aliphatic rings. The Balaban J connectivity index is 2.10. The van der Waals surface area contributed by atoms with Crippen LogP contribution in [0.25, 0.3) is 0 Å². The molecular formula is C12H14F3N3O. The zero-order valence-electron chi connectivity index (χ0n) is 10.2. The average Bonchev–Trinajstić information content (AvgIpc) is 2.62. The number of benzene rings is 1. The Bertz CT molecular complexity index is 450. The van der Waals surface area contributed by atoms with Crippen LogP contribution in [0.5, 0.6) is 0 Å². The second-order valence-electron chi connectivity index (χ2n) is 4.27. The molecule has 0 saturated carbocycles. The number of amides is 2. The number of nitrogens with zero attached hydrogens (tertiary/aromatic N) is 1. The van der Waals surface area contributed by atoms with Crippen molar-refractivity contribution in [1.82, 2.24) is 10.2 Å². The van der Waals surface area contributed by atoms with Gasteiger partial charge in [-0.1, -0.05) is 0 Å². The van der Waals surface area contributed by atoms with Crippen LogP contribution in [-0.2, 0) is 0 Å². The first-order chi connectivity index (χ1) is 9.08. The summed E-state index contributed by atoms with van der Waals surface area (Å²) in [5.74, 6) is -3.27. The Hall–Kier alpha value is -1.76. The molecule has 0 radical (unpaired) electrons. The van der Waals surface area contributed by atoms with Crippen LogP contribution in [0.15, 0.2) is 12.1 Å². The van der Waals surface area contributed by atoms with E-state index < -0.39 is 29.2 Å². The van der Waals surface area contributed by atoms with Gasteiger partial charge in [-0.2, -0.15) is 0 Å². The molecule has 104 valence electrons. The fourth-order valence-electron chi connectivity index (χ4n) is 1.90. The third-order valence-corrected chi connectivity index (χ3v) is 2.87. The molecule has 1 saturated heterocycles. The van der Waals surface area contributed by atoms with E-state index in [4.69, 9.17) is 0 Å². The van der Waals surface area contributed by atoms with Crippen molar-refractivity contribution in [3.63, 3.8) is 0 Å². The minimum absolute atomic E-state index is 0.455. The van der Waals surface area contributed by atoms with Gasteiger partial charge < -0.3 is 15.5 Å². The zero-order chi connectivity index (χ0) is 13.8. The first-order valence-electron chi connectivity index (χ1n) is 5.99. The highest BCUT2D eigenvalue weighted by atomic mass is 19.1. The quantitative estimate of drug-likeness (QED) is 0.821. The highest BCUT2D eigenvalue weighted by Crippen LogP contribution is 2.20. The highest BCUT2D eigenvalue weighted by molar-refractivity contribution is 5.89. The van der Waals surface area contributed by atoms with Gasteiger partial charge in [0, 0.05) is 31.8 Å². The minimum Gasteiger partial charge on any atom is -0.323 e. The molecule has 0 aliphatic carbocycles. The van der Waals surface area contributed by atoms with Gasteiger partial charge in [0.05, 0.1) is 0 Å². The zero-order valence-corrected chi connectivity index (χ0v) is 10.2. The van der Waals surface area contributed by atoms with Crippen LogP contribution in [0, 0.1) is 17.5 Å². The van der Waals surface area contributed by atoms with Gasteiger partial charge in [0.15, 0.2) is 11.6 Å². The molecule has 0 atom stereocenters. The summed E-state index contributed by atoms with van der Waals surface area (Å²) in [6.45, 7) is 2.38. The van der Waals surface area contributed by atoms with Crippen LogP contribution in [0.3, 0.4) is 0 Å². The second kappa shape index (κ2) is 5.92. The number of hydrogen-bond donors (Lipinski definition) is 2. The first-order valence-corrected chi connectivity index (χ1v) is 5.99. The molecule has 1 aromatic carbocycles. The van der Waals surface area contributed by atoms with E-state index in [1.54, 1.807) is 0 Å². The molecule has 2 amide bonds. The summed E-state index contributed by atoms with van der Waals surface area (Å²) >= 11 is 0. The van der Waals surface area contributed by atoms with Gasteiger partial charge in [0.1, 0.15) is 11.5 Å². The normalized spacial score (nSPS) is 16.1. The lowest BCUT2D eigenvalue weighted by atomic mass is 10.3. The van der Waals surface area contributed by atoms with Crippen LogP contribution in [-0.4, -0.2) is 37.1 Å². The molecule has 1 fully saturated rings. The van der Waals surface area contributed by atoms with E-state index in [1.165, 1.54) is 4.90 Å². The summed E-state index contributed by atoms with van der Waals surface area (Å²) in [5, 5.41) is 5.25. The second-order valence-corrected chi connectivity index (χ2v) is 4.27. The van der Waals surface area contributed by atoms with Crippen molar-refractivity contribution in [3.8, 4) is 0 Å². The number of rotatable bonds is 1. The molecule has 1 aromatic rings. The summed E-state index contributed by atoms with van der Waals surface area (Å²) in [6.07, 6.45) is 0.766. The van der Waals surface area contributed by atoms with Gasteiger partial charge in [0.2, 0.25) is 0 Å². The molecule has 1 heterocycles. The molecular weight excluding hydrogens is 259 g/mol. The van der Waals surface area contributed by atoms with E-state index in [2.05, 4.69) is 10.6 Å². The number of anilines is 1. The number of hydrogen-bond acceptors (Lipinski definition) is 2. The molecule has 0 bridgehead atoms. The van der Waals surface area contributed by atoms with Gasteiger partial charge in [-0.3, -0.25) is 0 Å². The highest BCUT2D eigenvalue weighted by Gasteiger charge is 2.19. The predicted octanol–water partition coefficient (Wildman–Crippen LogP) is 1.93. The summed E-state index contributed by atoms with van der Waals surface area (Å²) < 4.78 is 39.5. The topological polar surface area (TPSA) is 44.4 Å². The van der Waals surface area contributed by atoms with Crippen molar-refractivity contribution in [2.24, 2.45) is 0 Å². The Morgan fingerprint density at radius 3 is 2.53 bits per heavy atom. The van der Waals surface area contributed by atoms with E-state index in [1.807, 2.05) is 0 Å². The van der Waals surface area contributed by atoms with E-state index in [0.29, 0.717) is 31.8 Å². The molecule has 2 rings (SSSR count). The van der Waals surface area contributed by atoms with E-state index in [-0.39, 0.29) is 0 Å². The lowest BCUT2D eigenvalue weighted by Crippen LogP contribution is -2.37. The van der Waals surface area contributed by atoms with Crippen molar-refractivity contribution in [1.29, 1.82) is 0 Å². The van der Waals surface area contributed by atoms with E-state index in [0.717, 1.165) is 13.0 Å². The molecule has 4 nitrogen and oxygen atoms in total. The Morgan fingerprint density at radius 1 is 1.16 bits per heavy atom. The summed E-state index contributed by atoms with van der Waals surface area (Å²) in [7, 11) is 0. The van der Waals surface area contributed by atoms with Crippen LogP contribution in [0.4, 0.5) is 23.7 Å². The van der Waals surface area contributed by atoms with Gasteiger partial charge in [0.25, 0.3) is 0 Å². The van der Waals surface area contributed by atoms with Crippen LogP contribution in [0.1, 0.15) is 6.42 Å². The maximum Gasteiger partial charge on any atom is 0.322 e. The number of nitrogens with one attached hydrogen (secondary N) is 2. The van der Waals surface area contributed by atoms with Crippen molar-refractivity contribution in [2.75, 3.05) is 31.5 Å². The Kier molecular flexibility index (Phi) is 4.26. The third-order valence-electron chi connectivity index (χ3n) is 2.87. The van der Waals surface area contributed by atoms with Crippen molar-refractivity contribution < 1.29 is 18.0 Å². The van der Waals surface area contributed by atoms with Crippen molar-refractivity contribution in [3.05, 3.63) is 29.6 Å². The molecule has 0 unspecified atom stereocenters. The lowest BCUT2D eigenvalue weighted by Gasteiger charge is -2.20. The Labute approximate surface area is 108 Å². The molecule has 0 aromatic heterocycles. The standard InChI is InChI=1S/C12H14F3N3O/c13-8-6-9(14)11(10(15)7-8)17-12(19)18-4-1-2-16-3-5-18/h6-7,16H,1-5H2,(H,17,19). The summed E-state index contributed by atoms with van der Waals surface area (Å²) in [6, 6.07) is 0.471. The number of urea groups is 1. The molecule has 7 heteroatoms. The summed E-state index contributed by atoms with van der Waals surface area (Å²) in [4.78, 5) is 13.3. The smallest absolute Gasteiger partial charge is 0.322 e. The maximum atomic E-state index is 13.4. The largest absolute Gasteiger partial charge is 0.323 e. The van der Waals surface area contributed by atoms with Crippen molar-refractivity contribution in [2.45, 2.75) is 6.42 Å². The molecule has 19 heavy (non-hydrogen) atoms. The van der Waals surface area contributed by atoms with Crippen molar-refractivity contribution >= 4 is 11.7 Å². The van der Waals surface area contributed by atoms with E-state index in [9.17, 15) is 18.0 Å². The van der Waals surface area contributed by atoms with E-state index >= 15 is 0 Å². The third kappa shape index (κ3) is 3.37. The average molecular weight is 273 g/mol. The van der Waals surface area contributed by atoms with Crippen LogP contribution in [0.2, 0.25) is 0 Å². The first kappa shape index (κ1) is 13.7. The fraction of sp³-hybridized carbons (Fsp3) is 0.417. The fourth-order valence-corrected chi connectivity index (χ4v) is 1.90. The SMILES string of the molecule is O=C(Nc1c(F)cc(F)cc1F)N1CCCNCC1. The Morgan fingerprint density at radius 2 is 1.84 bits per heavy atom. The maximum absolute atomic E-state index is 13.4. The number of carbonyl (C=O) groups excluding carboxylic acids is 1. The van der Waals surface area contributed by atoms with Crippen LogP contribution < -0.4 is 10.6 Å². The molecule has 2 N–H and O–H groups in total. The predicted molar refractivity (Wildman–Crippen MR) is 64.4 cm³/mol. The summed E-state index contributed by atoms with van der Waals surface area (Å²) in [5.41, 5.74) is -0.622. The van der Waals surface area contributed by atoms with Gasteiger partial charge in [-0.15, -0.1) is 0 Å². The van der Waals surface area contributed by atoms with Gasteiger partial charge in [-0.05, 0) is 13.0 Å². The minimum atomic E-state index is -1.13.